The van der Waals surface area contributed by atoms with Crippen LogP contribution in [0.5, 0.6) is 0 Å². The molecule has 10 nitrogen and oxygen atoms in total. The van der Waals surface area contributed by atoms with Crippen molar-refractivity contribution in [2.24, 2.45) is 0 Å². The fraction of sp³-hybridized carbons (Fsp3) is 0.381. The third-order valence-electron chi connectivity index (χ3n) is 5.33. The van der Waals surface area contributed by atoms with Gasteiger partial charge in [0.2, 0.25) is 11.7 Å². The van der Waals surface area contributed by atoms with Crippen molar-refractivity contribution >= 4 is 23.6 Å². The lowest BCUT2D eigenvalue weighted by atomic mass is 9.97. The van der Waals surface area contributed by atoms with Crippen LogP contribution in [0.2, 0.25) is 5.02 Å². The Balaban J connectivity index is 1.46. The van der Waals surface area contributed by atoms with E-state index in [0.717, 1.165) is 12.1 Å². The molecule has 1 saturated heterocycles. The van der Waals surface area contributed by atoms with E-state index in [4.69, 9.17) is 20.9 Å². The summed E-state index contributed by atoms with van der Waals surface area (Å²) in [6.07, 6.45) is 1.86. The molecule has 2 aliphatic rings. The molecule has 1 N–H and O–H groups in total. The minimum absolute atomic E-state index is 0.0183. The van der Waals surface area contributed by atoms with E-state index in [1.54, 1.807) is 44.1 Å². The van der Waals surface area contributed by atoms with Gasteiger partial charge in [-0.15, -0.1) is 0 Å². The number of alkyl carbamates (subject to hydrolysis) is 1. The minimum atomic E-state index is -0.608. The minimum Gasteiger partial charge on any atom is -0.444 e. The summed E-state index contributed by atoms with van der Waals surface area (Å²) in [5.41, 5.74) is 1.84. The molecule has 0 bridgehead atoms. The van der Waals surface area contributed by atoms with Crippen LogP contribution >= 0.6 is 11.6 Å². The fourth-order valence-corrected chi connectivity index (χ4v) is 4.16. The SMILES string of the molecule is CC(C)(C)OC(=O)NCc1nc(-c2ncn3c2[C@@H]2CCN2C(=O)c2c(Cl)cccc2-3)no1. The Hall–Kier alpha value is -3.40. The Labute approximate surface area is 188 Å². The smallest absolute Gasteiger partial charge is 0.408 e. The van der Waals surface area contributed by atoms with Crippen LogP contribution in [0, 0.1) is 0 Å². The number of nitrogens with one attached hydrogen (secondary N) is 1. The van der Waals surface area contributed by atoms with Gasteiger partial charge >= 0.3 is 6.09 Å². The maximum atomic E-state index is 13.1. The van der Waals surface area contributed by atoms with E-state index in [0.29, 0.717) is 28.5 Å². The molecule has 3 aromatic rings. The fourth-order valence-electron chi connectivity index (χ4n) is 3.91. The first-order valence-corrected chi connectivity index (χ1v) is 10.6. The summed E-state index contributed by atoms with van der Waals surface area (Å²) in [5.74, 6) is 0.391. The van der Waals surface area contributed by atoms with Gasteiger partial charge in [-0.2, -0.15) is 4.98 Å². The molecule has 4 heterocycles. The molecule has 166 valence electrons. The van der Waals surface area contributed by atoms with Crippen molar-refractivity contribution in [3.63, 3.8) is 0 Å². The van der Waals surface area contributed by atoms with Gasteiger partial charge in [-0.05, 0) is 39.3 Å². The lowest BCUT2D eigenvalue weighted by Gasteiger charge is -2.39. The molecular weight excluding hydrogens is 436 g/mol. The summed E-state index contributed by atoms with van der Waals surface area (Å²) in [4.78, 5) is 35.6. The lowest BCUT2D eigenvalue weighted by Crippen LogP contribution is -2.44. The monoisotopic (exact) mass is 456 g/mol. The van der Waals surface area contributed by atoms with E-state index in [1.807, 2.05) is 10.6 Å². The standard InChI is InChI=1S/C21H21ClN6O4/c1-21(2,3)31-20(30)23-9-14-25-18(26-32-14)16-17-13-7-8-27(13)19(29)15-11(22)5-4-6-12(15)28(17)10-24-16/h4-6,10,13H,7-9H2,1-3H3,(H,23,30)/t13-/m0/s1. The highest BCUT2D eigenvalue weighted by atomic mass is 35.5. The Bertz CT molecular complexity index is 1230. The van der Waals surface area contributed by atoms with Crippen molar-refractivity contribution in [2.75, 3.05) is 6.54 Å². The second kappa shape index (κ2) is 7.33. The molecule has 2 aromatic heterocycles. The number of halogens is 1. The number of carbonyl (C=O) groups excluding carboxylic acids is 2. The quantitative estimate of drug-likeness (QED) is 0.641. The van der Waals surface area contributed by atoms with Gasteiger partial charge < -0.3 is 19.5 Å². The Morgan fingerprint density at radius 1 is 1.38 bits per heavy atom. The first-order chi connectivity index (χ1) is 15.2. The van der Waals surface area contributed by atoms with Crippen molar-refractivity contribution in [2.45, 2.75) is 45.4 Å². The average molecular weight is 457 g/mol. The topological polar surface area (TPSA) is 115 Å². The first kappa shape index (κ1) is 20.5. The maximum Gasteiger partial charge on any atom is 0.408 e. The van der Waals surface area contributed by atoms with E-state index < -0.39 is 11.7 Å². The number of benzene rings is 1. The molecule has 2 aliphatic heterocycles. The van der Waals surface area contributed by atoms with Crippen LogP contribution < -0.4 is 5.32 Å². The number of rotatable bonds is 3. The van der Waals surface area contributed by atoms with Gasteiger partial charge in [0.15, 0.2) is 0 Å². The Morgan fingerprint density at radius 2 is 2.19 bits per heavy atom. The predicted molar refractivity (Wildman–Crippen MR) is 113 cm³/mol. The summed E-state index contributed by atoms with van der Waals surface area (Å²) in [7, 11) is 0. The molecule has 0 radical (unpaired) electrons. The number of carbonyl (C=O) groups is 2. The average Bonchev–Trinajstić information content (AvgIpc) is 3.29. The molecule has 1 atom stereocenters. The van der Waals surface area contributed by atoms with Gasteiger partial charge in [0.05, 0.1) is 28.0 Å². The number of hydrogen-bond donors (Lipinski definition) is 1. The van der Waals surface area contributed by atoms with Gasteiger partial charge in [-0.3, -0.25) is 9.36 Å². The second-order valence-corrected chi connectivity index (χ2v) is 9.06. The van der Waals surface area contributed by atoms with E-state index >= 15 is 0 Å². The van der Waals surface area contributed by atoms with Gasteiger partial charge in [-0.25, -0.2) is 9.78 Å². The van der Waals surface area contributed by atoms with Crippen molar-refractivity contribution in [3.8, 4) is 17.2 Å². The van der Waals surface area contributed by atoms with Crippen molar-refractivity contribution in [1.29, 1.82) is 0 Å². The zero-order valence-electron chi connectivity index (χ0n) is 17.8. The molecule has 1 fully saturated rings. The molecule has 1 aromatic carbocycles. The van der Waals surface area contributed by atoms with E-state index in [1.165, 1.54) is 0 Å². The second-order valence-electron chi connectivity index (χ2n) is 8.65. The molecule has 0 aliphatic carbocycles. The van der Waals surface area contributed by atoms with Crippen molar-refractivity contribution < 1.29 is 18.8 Å². The molecule has 2 amide bonds. The highest BCUT2D eigenvalue weighted by Gasteiger charge is 2.43. The predicted octanol–water partition coefficient (Wildman–Crippen LogP) is 3.50. The summed E-state index contributed by atoms with van der Waals surface area (Å²) in [6.45, 7) is 5.99. The van der Waals surface area contributed by atoms with Gasteiger partial charge in [0, 0.05) is 6.54 Å². The van der Waals surface area contributed by atoms with Crippen LogP contribution in [0.1, 0.15) is 55.2 Å². The number of ether oxygens (including phenoxy) is 1. The normalized spacial score (nSPS) is 17.1. The molecule has 5 rings (SSSR count). The Kier molecular flexibility index (Phi) is 4.70. The maximum absolute atomic E-state index is 13.1. The van der Waals surface area contributed by atoms with Gasteiger partial charge in [0.1, 0.15) is 24.2 Å². The number of hydrogen-bond acceptors (Lipinski definition) is 7. The van der Waals surface area contributed by atoms with Crippen LogP contribution in [-0.4, -0.2) is 48.7 Å². The van der Waals surface area contributed by atoms with Crippen molar-refractivity contribution in [3.05, 3.63) is 46.7 Å². The molecule has 0 unspecified atom stereocenters. The zero-order chi connectivity index (χ0) is 22.6. The summed E-state index contributed by atoms with van der Waals surface area (Å²) in [5, 5.41) is 7.03. The summed E-state index contributed by atoms with van der Waals surface area (Å²) >= 11 is 6.38. The van der Waals surface area contributed by atoms with Crippen LogP contribution in [0.4, 0.5) is 4.79 Å². The Morgan fingerprint density at radius 3 is 2.91 bits per heavy atom. The lowest BCUT2D eigenvalue weighted by molar-refractivity contribution is 0.0460. The molecule has 11 heteroatoms. The third kappa shape index (κ3) is 3.40. The van der Waals surface area contributed by atoms with E-state index in [-0.39, 0.29) is 30.2 Å². The molecular formula is C21H21ClN6O4. The number of fused-ring (bicyclic) bond motifs is 5. The number of imidazole rings is 1. The van der Waals surface area contributed by atoms with Crippen LogP contribution in [0.15, 0.2) is 29.0 Å². The molecule has 0 saturated carbocycles. The van der Waals surface area contributed by atoms with Crippen LogP contribution in [0.25, 0.3) is 17.2 Å². The van der Waals surface area contributed by atoms with E-state index in [2.05, 4.69) is 20.4 Å². The number of amides is 2. The first-order valence-electron chi connectivity index (χ1n) is 10.2. The van der Waals surface area contributed by atoms with E-state index in [9.17, 15) is 9.59 Å². The summed E-state index contributed by atoms with van der Waals surface area (Å²) in [6, 6.07) is 5.19. The third-order valence-corrected chi connectivity index (χ3v) is 5.64. The molecule has 32 heavy (non-hydrogen) atoms. The summed E-state index contributed by atoms with van der Waals surface area (Å²) < 4.78 is 12.4. The molecule has 0 spiro atoms. The highest BCUT2D eigenvalue weighted by Crippen LogP contribution is 2.44. The number of nitrogens with zero attached hydrogens (tertiary/aromatic N) is 5. The van der Waals surface area contributed by atoms with Gasteiger partial charge in [-0.1, -0.05) is 22.8 Å². The van der Waals surface area contributed by atoms with Gasteiger partial charge in [0.25, 0.3) is 5.91 Å². The van der Waals surface area contributed by atoms with Crippen molar-refractivity contribution in [1.82, 2.24) is 29.9 Å². The largest absolute Gasteiger partial charge is 0.444 e. The van der Waals surface area contributed by atoms with Crippen LogP contribution in [0.3, 0.4) is 0 Å². The zero-order valence-corrected chi connectivity index (χ0v) is 18.5. The van der Waals surface area contributed by atoms with Crippen LogP contribution in [-0.2, 0) is 11.3 Å². The highest BCUT2D eigenvalue weighted by molar-refractivity contribution is 6.34. The number of aromatic nitrogens is 4.